The number of ether oxygens (including phenoxy) is 2. The summed E-state index contributed by atoms with van der Waals surface area (Å²) < 4.78 is 25.0. The van der Waals surface area contributed by atoms with Crippen molar-refractivity contribution in [3.63, 3.8) is 0 Å². The highest BCUT2D eigenvalue weighted by Crippen LogP contribution is 2.37. The summed E-state index contributed by atoms with van der Waals surface area (Å²) in [6.45, 7) is 3.85. The van der Waals surface area contributed by atoms with Crippen molar-refractivity contribution < 1.29 is 13.9 Å². The van der Waals surface area contributed by atoms with Crippen LogP contribution in [0.15, 0.2) is 36.9 Å². The number of aromatic nitrogens is 5. The van der Waals surface area contributed by atoms with Gasteiger partial charge in [0.05, 0.1) is 23.6 Å². The van der Waals surface area contributed by atoms with E-state index in [4.69, 9.17) is 21.1 Å². The summed E-state index contributed by atoms with van der Waals surface area (Å²) in [4.78, 5) is 19.7. The van der Waals surface area contributed by atoms with Crippen molar-refractivity contribution in [2.75, 3.05) is 0 Å². The second-order valence-electron chi connectivity index (χ2n) is 6.05. The van der Waals surface area contributed by atoms with Crippen LogP contribution in [0.4, 0.5) is 4.39 Å². The summed E-state index contributed by atoms with van der Waals surface area (Å²) in [5, 5.41) is 0.929. The summed E-state index contributed by atoms with van der Waals surface area (Å²) >= 11 is 6.46. The van der Waals surface area contributed by atoms with Crippen LogP contribution >= 0.6 is 11.6 Å². The molecule has 4 heterocycles. The minimum atomic E-state index is -0.528. The molecule has 9 heteroatoms. The first-order valence-corrected chi connectivity index (χ1v) is 8.87. The predicted octanol–water partition coefficient (Wildman–Crippen LogP) is 5.00. The zero-order valence-corrected chi connectivity index (χ0v) is 15.8. The Hall–Kier alpha value is -3.26. The molecule has 0 unspecified atom stereocenters. The molecule has 4 aromatic heterocycles. The van der Waals surface area contributed by atoms with Crippen LogP contribution in [0, 0.1) is 12.7 Å². The van der Waals surface area contributed by atoms with Gasteiger partial charge in [0.15, 0.2) is 5.75 Å². The van der Waals surface area contributed by atoms with E-state index >= 15 is 0 Å². The van der Waals surface area contributed by atoms with Crippen molar-refractivity contribution in [2.45, 2.75) is 20.3 Å². The number of hydrogen-bond acceptors (Lipinski definition) is 6. The van der Waals surface area contributed by atoms with E-state index in [1.807, 2.05) is 13.8 Å². The molecule has 0 fully saturated rings. The number of aromatic amines is 1. The number of nitrogens with zero attached hydrogens (tertiary/aromatic N) is 4. The Morgan fingerprint density at radius 1 is 1.04 bits per heavy atom. The average Bonchev–Trinajstić information content (AvgIpc) is 2.98. The van der Waals surface area contributed by atoms with Crippen LogP contribution in [0.1, 0.15) is 18.2 Å². The molecule has 1 N–H and O–H groups in total. The Morgan fingerprint density at radius 3 is 2.50 bits per heavy atom. The first-order valence-electron chi connectivity index (χ1n) is 8.49. The van der Waals surface area contributed by atoms with Crippen molar-refractivity contribution >= 4 is 22.6 Å². The van der Waals surface area contributed by atoms with Gasteiger partial charge in [-0.3, -0.25) is 9.97 Å². The third kappa shape index (κ3) is 3.59. The standard InChI is InChI=1S/C19H15ClFN5O2/c1-3-14-16(20)15-17(24-14)25-19(28-12-4-10(2)6-22-8-12)26-18(15)27-13-5-11(21)7-23-9-13/h4-9H,3H2,1-2H3,(H,24,25,26). The number of H-pyrrole nitrogens is 1. The molecule has 0 bridgehead atoms. The maximum Gasteiger partial charge on any atom is 0.327 e. The minimum absolute atomic E-state index is 0.0415. The van der Waals surface area contributed by atoms with Crippen LogP contribution in [0.5, 0.6) is 23.4 Å². The van der Waals surface area contributed by atoms with Gasteiger partial charge in [-0.25, -0.2) is 4.39 Å². The molecule has 7 nitrogen and oxygen atoms in total. The maximum absolute atomic E-state index is 13.5. The molecule has 0 aliphatic heterocycles. The summed E-state index contributed by atoms with van der Waals surface area (Å²) in [5.41, 5.74) is 2.16. The molecule has 0 saturated carbocycles. The third-order valence-electron chi connectivity index (χ3n) is 3.92. The Balaban J connectivity index is 1.81. The van der Waals surface area contributed by atoms with Crippen molar-refractivity contribution in [3.8, 4) is 23.4 Å². The Morgan fingerprint density at radius 2 is 1.79 bits per heavy atom. The number of hydrogen-bond donors (Lipinski definition) is 1. The molecule has 0 saturated heterocycles. The molecule has 4 rings (SSSR count). The van der Waals surface area contributed by atoms with Gasteiger partial charge in [0, 0.05) is 18.0 Å². The van der Waals surface area contributed by atoms with Crippen molar-refractivity contribution in [2.24, 2.45) is 0 Å². The van der Waals surface area contributed by atoms with Crippen molar-refractivity contribution in [1.82, 2.24) is 24.9 Å². The van der Waals surface area contributed by atoms with Gasteiger partial charge in [0.25, 0.3) is 0 Å². The molecule has 0 spiro atoms. The zero-order chi connectivity index (χ0) is 19.7. The Labute approximate surface area is 164 Å². The second kappa shape index (κ2) is 7.40. The lowest BCUT2D eigenvalue weighted by molar-refractivity contribution is 0.413. The van der Waals surface area contributed by atoms with Crippen molar-refractivity contribution in [1.29, 1.82) is 0 Å². The van der Waals surface area contributed by atoms with Crippen LogP contribution < -0.4 is 9.47 Å². The van der Waals surface area contributed by atoms with Crippen molar-refractivity contribution in [3.05, 3.63) is 59.0 Å². The van der Waals surface area contributed by atoms with E-state index in [0.29, 0.717) is 28.2 Å². The van der Waals surface area contributed by atoms with Crippen LogP contribution in [-0.2, 0) is 6.42 Å². The van der Waals surface area contributed by atoms with Gasteiger partial charge in [-0.15, -0.1) is 0 Å². The molecule has 0 radical (unpaired) electrons. The van der Waals surface area contributed by atoms with Gasteiger partial charge >= 0.3 is 6.01 Å². The van der Waals surface area contributed by atoms with E-state index in [1.54, 1.807) is 18.5 Å². The van der Waals surface area contributed by atoms with Gasteiger partial charge in [0.2, 0.25) is 5.88 Å². The van der Waals surface area contributed by atoms with Gasteiger partial charge in [-0.05, 0) is 25.0 Å². The van der Waals surface area contributed by atoms with Gasteiger partial charge < -0.3 is 14.5 Å². The Kier molecular flexibility index (Phi) is 4.79. The minimum Gasteiger partial charge on any atom is -0.436 e. The van der Waals surface area contributed by atoms with E-state index in [9.17, 15) is 4.39 Å². The topological polar surface area (TPSA) is 85.8 Å². The van der Waals surface area contributed by atoms with Gasteiger partial charge in [0.1, 0.15) is 22.6 Å². The lowest BCUT2D eigenvalue weighted by atomic mass is 10.3. The number of halogens is 2. The number of nitrogens with one attached hydrogen (secondary N) is 1. The maximum atomic E-state index is 13.5. The second-order valence-corrected chi connectivity index (χ2v) is 6.42. The van der Waals surface area contributed by atoms with Gasteiger partial charge in [-0.2, -0.15) is 9.97 Å². The molecular formula is C19H15ClFN5O2. The quantitative estimate of drug-likeness (QED) is 0.508. The molecule has 4 aromatic rings. The van der Waals surface area contributed by atoms with Crippen LogP contribution in [0.2, 0.25) is 5.02 Å². The summed E-state index contributed by atoms with van der Waals surface area (Å²) in [6.07, 6.45) is 6.38. The van der Waals surface area contributed by atoms with E-state index in [1.165, 1.54) is 12.3 Å². The summed E-state index contributed by atoms with van der Waals surface area (Å²) in [7, 11) is 0. The highest BCUT2D eigenvalue weighted by Gasteiger charge is 2.19. The van der Waals surface area contributed by atoms with E-state index in [0.717, 1.165) is 17.5 Å². The number of aryl methyl sites for hydroxylation is 2. The van der Waals surface area contributed by atoms with Crippen LogP contribution in [0.25, 0.3) is 11.0 Å². The molecule has 0 aliphatic carbocycles. The monoisotopic (exact) mass is 399 g/mol. The smallest absolute Gasteiger partial charge is 0.327 e. The fourth-order valence-corrected chi connectivity index (χ4v) is 3.02. The van der Waals surface area contributed by atoms with Gasteiger partial charge in [-0.1, -0.05) is 18.5 Å². The first-order chi connectivity index (χ1) is 13.5. The Bertz CT molecular complexity index is 1160. The largest absolute Gasteiger partial charge is 0.436 e. The highest BCUT2D eigenvalue weighted by atomic mass is 35.5. The highest BCUT2D eigenvalue weighted by molar-refractivity contribution is 6.36. The van der Waals surface area contributed by atoms with Crippen LogP contribution in [0.3, 0.4) is 0 Å². The fourth-order valence-electron chi connectivity index (χ4n) is 2.67. The van der Waals surface area contributed by atoms with Crippen LogP contribution in [-0.4, -0.2) is 24.9 Å². The summed E-state index contributed by atoms with van der Waals surface area (Å²) in [6, 6.07) is 3.05. The molecule has 0 aromatic carbocycles. The first kappa shape index (κ1) is 18.1. The predicted molar refractivity (Wildman–Crippen MR) is 102 cm³/mol. The third-order valence-corrected chi connectivity index (χ3v) is 4.33. The molecule has 0 aliphatic rings. The van der Waals surface area contributed by atoms with E-state index in [-0.39, 0.29) is 17.6 Å². The average molecular weight is 400 g/mol. The molecule has 0 amide bonds. The van der Waals surface area contributed by atoms with E-state index in [2.05, 4.69) is 24.9 Å². The lowest BCUT2D eigenvalue weighted by Crippen LogP contribution is -1.97. The molecule has 28 heavy (non-hydrogen) atoms. The normalized spacial score (nSPS) is 11.0. The fraction of sp³-hybridized carbons (Fsp3) is 0.158. The molecular weight excluding hydrogens is 385 g/mol. The number of pyridine rings is 2. The molecule has 142 valence electrons. The number of fused-ring (bicyclic) bond motifs is 1. The SMILES string of the molecule is CCc1[nH]c2nc(Oc3cncc(C)c3)nc(Oc3cncc(F)c3)c2c1Cl. The zero-order valence-electron chi connectivity index (χ0n) is 15.0. The molecule has 0 atom stereocenters. The number of rotatable bonds is 5. The lowest BCUT2D eigenvalue weighted by Gasteiger charge is -2.09. The van der Waals surface area contributed by atoms with E-state index < -0.39 is 5.82 Å². The summed E-state index contributed by atoms with van der Waals surface area (Å²) in [5.74, 6) is 0.262.